The molecule has 0 saturated heterocycles. The molecule has 1 unspecified atom stereocenters. The molecule has 0 aliphatic heterocycles. The molecular weight excluding hydrogens is 599 g/mol. The van der Waals surface area contributed by atoms with Crippen molar-refractivity contribution in [3.8, 4) is 29.2 Å². The van der Waals surface area contributed by atoms with Gasteiger partial charge >= 0.3 is 0 Å². The summed E-state index contributed by atoms with van der Waals surface area (Å²) in [5.41, 5.74) is 11.9. The third-order valence-electron chi connectivity index (χ3n) is 10.2. The zero-order valence-electron chi connectivity index (χ0n) is 26.4. The van der Waals surface area contributed by atoms with E-state index < -0.39 is 0 Å². The average molecular weight is 626 g/mol. The average Bonchev–Trinajstić information content (AvgIpc) is 3.79. The number of allylic oxidation sites excluding steroid dienone is 1. The van der Waals surface area contributed by atoms with Crippen LogP contribution in [0.4, 0.5) is 0 Å². The van der Waals surface area contributed by atoms with Gasteiger partial charge in [-0.25, -0.2) is 0 Å². The van der Waals surface area contributed by atoms with E-state index in [9.17, 15) is 10.5 Å². The van der Waals surface area contributed by atoms with Gasteiger partial charge in [0.1, 0.15) is 0 Å². The molecule has 3 heterocycles. The molecule has 6 aromatic carbocycles. The molecule has 228 valence electrons. The summed E-state index contributed by atoms with van der Waals surface area (Å²) in [6.45, 7) is 0. The summed E-state index contributed by atoms with van der Waals surface area (Å²) in [6, 6.07) is 51.8. The van der Waals surface area contributed by atoms with Crippen molar-refractivity contribution in [1.29, 1.82) is 10.5 Å². The largest absolute Gasteiger partial charge is 0.310 e. The minimum atomic E-state index is -0.121. The normalized spacial score (nSPS) is 14.1. The lowest BCUT2D eigenvalue weighted by atomic mass is 9.93. The molecule has 9 aromatic rings. The minimum Gasteiger partial charge on any atom is -0.310 e. The van der Waals surface area contributed by atoms with E-state index in [1.165, 1.54) is 10.9 Å². The Balaban J connectivity index is 1.27. The zero-order chi connectivity index (χ0) is 32.6. The Morgan fingerprint density at radius 3 is 1.73 bits per heavy atom. The van der Waals surface area contributed by atoms with Crippen LogP contribution in [0.1, 0.15) is 16.8 Å². The van der Waals surface area contributed by atoms with Gasteiger partial charge in [0.25, 0.3) is 0 Å². The first kappa shape index (κ1) is 27.3. The fourth-order valence-electron chi connectivity index (χ4n) is 8.03. The number of rotatable bonds is 3. The quantitative estimate of drug-likeness (QED) is 0.196. The fourth-order valence-corrected chi connectivity index (χ4v) is 8.03. The van der Waals surface area contributed by atoms with Crippen LogP contribution >= 0.6 is 0 Å². The molecule has 5 heteroatoms. The number of hydrogen-bond acceptors (Lipinski definition) is 2. The summed E-state index contributed by atoms with van der Waals surface area (Å²) >= 11 is 0. The lowest BCUT2D eigenvalue weighted by Crippen LogP contribution is -2.06. The number of nitrogens with zero attached hydrogens (tertiary/aromatic N) is 5. The summed E-state index contributed by atoms with van der Waals surface area (Å²) in [5.74, 6) is -0.121. The summed E-state index contributed by atoms with van der Waals surface area (Å²) in [6.07, 6.45) is 4.88. The van der Waals surface area contributed by atoms with Gasteiger partial charge in [-0.1, -0.05) is 60.7 Å². The molecule has 0 N–H and O–H groups in total. The number of aromatic nitrogens is 3. The minimum absolute atomic E-state index is 0.121. The number of benzene rings is 6. The number of hydrogen-bond donors (Lipinski definition) is 0. The van der Waals surface area contributed by atoms with Gasteiger partial charge in [-0.05, 0) is 96.9 Å². The second-order valence-electron chi connectivity index (χ2n) is 12.8. The highest BCUT2D eigenvalue weighted by molar-refractivity contribution is 6.13. The van der Waals surface area contributed by atoms with E-state index in [4.69, 9.17) is 0 Å². The molecule has 10 rings (SSSR count). The molecule has 0 radical (unpaired) electrons. The van der Waals surface area contributed by atoms with E-state index in [0.717, 1.165) is 71.9 Å². The molecule has 0 saturated carbocycles. The van der Waals surface area contributed by atoms with E-state index in [-0.39, 0.29) is 5.92 Å². The first-order valence-electron chi connectivity index (χ1n) is 16.5. The van der Waals surface area contributed by atoms with Gasteiger partial charge in [0.05, 0.1) is 51.2 Å². The summed E-state index contributed by atoms with van der Waals surface area (Å²) in [5, 5.41) is 25.1. The Labute approximate surface area is 282 Å². The summed E-state index contributed by atoms with van der Waals surface area (Å²) < 4.78 is 7.01. The first-order valence-corrected chi connectivity index (χ1v) is 16.5. The Bertz CT molecular complexity index is 2940. The van der Waals surface area contributed by atoms with Crippen molar-refractivity contribution in [2.24, 2.45) is 5.92 Å². The van der Waals surface area contributed by atoms with E-state index in [0.29, 0.717) is 12.0 Å². The van der Waals surface area contributed by atoms with Crippen LogP contribution in [0.2, 0.25) is 0 Å². The number of nitriles is 2. The lowest BCUT2D eigenvalue weighted by Gasteiger charge is -2.15. The van der Waals surface area contributed by atoms with Gasteiger partial charge in [-0.3, -0.25) is 0 Å². The molecule has 1 aliphatic rings. The van der Waals surface area contributed by atoms with E-state index in [1.807, 2.05) is 18.2 Å². The van der Waals surface area contributed by atoms with Crippen molar-refractivity contribution in [3.05, 3.63) is 156 Å². The second-order valence-corrected chi connectivity index (χ2v) is 12.8. The first-order chi connectivity index (χ1) is 24.2. The van der Waals surface area contributed by atoms with Crippen molar-refractivity contribution >= 4 is 60.6 Å². The van der Waals surface area contributed by atoms with Crippen LogP contribution in [0.5, 0.6) is 0 Å². The van der Waals surface area contributed by atoms with Crippen LogP contribution in [-0.4, -0.2) is 13.7 Å². The standard InChI is InChI=1S/C44H27N5/c45-26-28-14-18-41-35(22-28)33-10-4-6-12-39(33)48(41)31-16-20-43-37(24-31)38-25-32(17-21-44(38)47(43)30-8-2-1-3-9-30)49-40-13-7-5-11-34(40)36-23-29(27-46)15-19-42(36)49/h1-22,24-25,29H,23H2. The van der Waals surface area contributed by atoms with Crippen LogP contribution < -0.4 is 0 Å². The summed E-state index contributed by atoms with van der Waals surface area (Å²) in [7, 11) is 0. The van der Waals surface area contributed by atoms with E-state index >= 15 is 0 Å². The highest BCUT2D eigenvalue weighted by atomic mass is 15.0. The zero-order valence-corrected chi connectivity index (χ0v) is 26.4. The molecule has 3 aromatic heterocycles. The third kappa shape index (κ3) is 3.91. The molecule has 49 heavy (non-hydrogen) atoms. The van der Waals surface area contributed by atoms with Gasteiger partial charge in [0, 0.05) is 49.7 Å². The molecule has 5 nitrogen and oxygen atoms in total. The van der Waals surface area contributed by atoms with Crippen LogP contribution in [0.3, 0.4) is 0 Å². The molecule has 0 amide bonds. The molecule has 0 bridgehead atoms. The van der Waals surface area contributed by atoms with Crippen molar-refractivity contribution in [3.63, 3.8) is 0 Å². The van der Waals surface area contributed by atoms with Gasteiger partial charge in [-0.15, -0.1) is 0 Å². The van der Waals surface area contributed by atoms with Crippen LogP contribution in [0, 0.1) is 28.6 Å². The van der Waals surface area contributed by atoms with Crippen molar-refractivity contribution in [2.45, 2.75) is 6.42 Å². The number of para-hydroxylation sites is 3. The van der Waals surface area contributed by atoms with Crippen LogP contribution in [0.25, 0.3) is 77.7 Å². The fraction of sp³-hybridized carbons (Fsp3) is 0.0455. The van der Waals surface area contributed by atoms with Gasteiger partial charge < -0.3 is 13.7 Å². The van der Waals surface area contributed by atoms with Crippen molar-refractivity contribution in [2.75, 3.05) is 0 Å². The maximum atomic E-state index is 9.73. The Morgan fingerprint density at radius 2 is 1.04 bits per heavy atom. The summed E-state index contributed by atoms with van der Waals surface area (Å²) in [4.78, 5) is 0. The Morgan fingerprint density at radius 1 is 0.490 bits per heavy atom. The van der Waals surface area contributed by atoms with Crippen LogP contribution in [0.15, 0.2) is 140 Å². The van der Waals surface area contributed by atoms with Crippen molar-refractivity contribution < 1.29 is 0 Å². The molecule has 1 aliphatic carbocycles. The van der Waals surface area contributed by atoms with Gasteiger partial charge in [0.2, 0.25) is 0 Å². The highest BCUT2D eigenvalue weighted by Crippen LogP contribution is 2.40. The predicted molar refractivity (Wildman–Crippen MR) is 199 cm³/mol. The lowest BCUT2D eigenvalue weighted by molar-refractivity contribution is 0.809. The topological polar surface area (TPSA) is 62.4 Å². The Kier molecular flexibility index (Phi) is 5.76. The smallest absolute Gasteiger partial charge is 0.0991 e. The van der Waals surface area contributed by atoms with Crippen molar-refractivity contribution in [1.82, 2.24) is 13.7 Å². The van der Waals surface area contributed by atoms with Gasteiger partial charge in [0.15, 0.2) is 0 Å². The predicted octanol–water partition coefficient (Wildman–Crippen LogP) is 10.4. The molecule has 1 atom stereocenters. The number of fused-ring (bicyclic) bond motifs is 9. The second kappa shape index (κ2) is 10.3. The third-order valence-corrected chi connectivity index (χ3v) is 10.2. The van der Waals surface area contributed by atoms with Gasteiger partial charge in [-0.2, -0.15) is 10.5 Å². The maximum Gasteiger partial charge on any atom is 0.0991 e. The van der Waals surface area contributed by atoms with Crippen LogP contribution in [-0.2, 0) is 6.42 Å². The molecule has 0 fully saturated rings. The van der Waals surface area contributed by atoms with E-state index in [2.05, 4.69) is 153 Å². The molecule has 0 spiro atoms. The Hall–Kier alpha value is -6.82. The molecular formula is C44H27N5. The monoisotopic (exact) mass is 625 g/mol. The SMILES string of the molecule is N#Cc1ccc2c(c1)c1ccccc1n2-c1ccc2c(c1)c1cc(-n3c4c(c5ccccc53)CC(C#N)C=C4)ccc1n2-c1ccccc1. The van der Waals surface area contributed by atoms with E-state index in [1.54, 1.807) is 0 Å². The highest BCUT2D eigenvalue weighted by Gasteiger charge is 2.23. The maximum absolute atomic E-state index is 9.73.